The van der Waals surface area contributed by atoms with Gasteiger partial charge < -0.3 is 5.21 Å². The molecule has 0 heterocycles. The maximum absolute atomic E-state index is 9.06. The SMILES string of the molecule is CCCCCCC12CCC=CC1CC2=NO. The first-order valence-electron chi connectivity index (χ1n) is 6.71. The molecule has 2 aliphatic rings. The molecule has 0 aromatic rings. The van der Waals surface area contributed by atoms with Crippen LogP contribution in [0.2, 0.25) is 0 Å². The molecule has 0 radical (unpaired) electrons. The quantitative estimate of drug-likeness (QED) is 0.322. The summed E-state index contributed by atoms with van der Waals surface area (Å²) in [6.45, 7) is 2.24. The van der Waals surface area contributed by atoms with E-state index in [-0.39, 0.29) is 5.41 Å². The Morgan fingerprint density at radius 2 is 2.31 bits per heavy atom. The van der Waals surface area contributed by atoms with Crippen molar-refractivity contribution in [1.29, 1.82) is 0 Å². The summed E-state index contributed by atoms with van der Waals surface area (Å²) in [7, 11) is 0. The van der Waals surface area contributed by atoms with Gasteiger partial charge >= 0.3 is 0 Å². The van der Waals surface area contributed by atoms with E-state index in [9.17, 15) is 0 Å². The van der Waals surface area contributed by atoms with Crippen LogP contribution in [0.15, 0.2) is 17.3 Å². The van der Waals surface area contributed by atoms with E-state index in [0.717, 1.165) is 18.6 Å². The van der Waals surface area contributed by atoms with Gasteiger partial charge in [-0.2, -0.15) is 0 Å². The van der Waals surface area contributed by atoms with E-state index in [1.807, 2.05) is 0 Å². The van der Waals surface area contributed by atoms with Gasteiger partial charge in [0.2, 0.25) is 0 Å². The van der Waals surface area contributed by atoms with Crippen LogP contribution >= 0.6 is 0 Å². The molecule has 1 saturated carbocycles. The lowest BCUT2D eigenvalue weighted by molar-refractivity contribution is 0.175. The first kappa shape index (κ1) is 11.7. The Labute approximate surface area is 98.4 Å². The van der Waals surface area contributed by atoms with Crippen LogP contribution in [-0.4, -0.2) is 10.9 Å². The van der Waals surface area contributed by atoms with Gasteiger partial charge in [0, 0.05) is 5.41 Å². The van der Waals surface area contributed by atoms with Gasteiger partial charge in [-0.1, -0.05) is 49.9 Å². The van der Waals surface area contributed by atoms with Crippen LogP contribution in [0.1, 0.15) is 58.3 Å². The van der Waals surface area contributed by atoms with Crippen molar-refractivity contribution in [3.8, 4) is 0 Å². The zero-order chi connectivity index (χ0) is 11.4. The maximum Gasteiger partial charge on any atom is 0.0644 e. The number of allylic oxidation sites excluding steroid dienone is 2. The summed E-state index contributed by atoms with van der Waals surface area (Å²) in [5.41, 5.74) is 1.32. The lowest BCUT2D eigenvalue weighted by Crippen LogP contribution is -2.50. The summed E-state index contributed by atoms with van der Waals surface area (Å²) < 4.78 is 0. The molecular weight excluding hydrogens is 198 g/mol. The van der Waals surface area contributed by atoms with Crippen molar-refractivity contribution in [3.05, 3.63) is 12.2 Å². The van der Waals surface area contributed by atoms with Gasteiger partial charge in [0.15, 0.2) is 0 Å². The van der Waals surface area contributed by atoms with Crippen LogP contribution in [0.4, 0.5) is 0 Å². The normalized spacial score (nSPS) is 34.8. The number of unbranched alkanes of at least 4 members (excludes halogenated alkanes) is 3. The highest BCUT2D eigenvalue weighted by atomic mass is 16.4. The van der Waals surface area contributed by atoms with Crippen LogP contribution in [0.5, 0.6) is 0 Å². The summed E-state index contributed by atoms with van der Waals surface area (Å²) in [5, 5.41) is 12.6. The van der Waals surface area contributed by atoms with Gasteiger partial charge in [0.05, 0.1) is 5.71 Å². The van der Waals surface area contributed by atoms with E-state index in [4.69, 9.17) is 5.21 Å². The first-order valence-corrected chi connectivity index (χ1v) is 6.71. The molecule has 2 nitrogen and oxygen atoms in total. The smallest absolute Gasteiger partial charge is 0.0644 e. The van der Waals surface area contributed by atoms with Crippen molar-refractivity contribution in [2.45, 2.75) is 58.3 Å². The van der Waals surface area contributed by atoms with Crippen LogP contribution in [0, 0.1) is 11.3 Å². The van der Waals surface area contributed by atoms with Gasteiger partial charge in [0.1, 0.15) is 0 Å². The molecule has 1 N–H and O–H groups in total. The van der Waals surface area contributed by atoms with E-state index in [1.165, 1.54) is 38.5 Å². The molecule has 1 fully saturated rings. The lowest BCUT2D eigenvalue weighted by atomic mass is 9.52. The molecule has 0 amide bonds. The van der Waals surface area contributed by atoms with E-state index in [0.29, 0.717) is 5.92 Å². The van der Waals surface area contributed by atoms with Crippen LogP contribution in [0.3, 0.4) is 0 Å². The van der Waals surface area contributed by atoms with E-state index >= 15 is 0 Å². The second kappa shape index (κ2) is 5.03. The Balaban J connectivity index is 1.94. The van der Waals surface area contributed by atoms with E-state index < -0.39 is 0 Å². The summed E-state index contributed by atoms with van der Waals surface area (Å²) in [4.78, 5) is 0. The molecule has 0 bridgehead atoms. The molecule has 2 heteroatoms. The van der Waals surface area contributed by atoms with Gasteiger partial charge in [0.25, 0.3) is 0 Å². The third kappa shape index (κ3) is 1.90. The minimum absolute atomic E-state index is 0.247. The Morgan fingerprint density at radius 1 is 1.44 bits per heavy atom. The number of nitrogens with zero attached hydrogens (tertiary/aromatic N) is 1. The Bertz CT molecular complexity index is 295. The molecule has 90 valence electrons. The molecular formula is C14H23NO. The molecule has 0 spiro atoms. The van der Waals surface area contributed by atoms with Gasteiger partial charge in [-0.3, -0.25) is 0 Å². The molecule has 16 heavy (non-hydrogen) atoms. The minimum atomic E-state index is 0.247. The highest BCUT2D eigenvalue weighted by molar-refractivity contribution is 5.96. The third-order valence-electron chi connectivity index (χ3n) is 4.42. The van der Waals surface area contributed by atoms with Crippen molar-refractivity contribution in [2.24, 2.45) is 16.5 Å². The largest absolute Gasteiger partial charge is 0.411 e. The third-order valence-corrected chi connectivity index (χ3v) is 4.42. The molecule has 0 aromatic carbocycles. The predicted molar refractivity (Wildman–Crippen MR) is 66.9 cm³/mol. The molecule has 2 atom stereocenters. The van der Waals surface area contributed by atoms with Crippen molar-refractivity contribution < 1.29 is 5.21 Å². The first-order chi connectivity index (χ1) is 7.83. The fourth-order valence-electron chi connectivity index (χ4n) is 3.34. The zero-order valence-corrected chi connectivity index (χ0v) is 10.3. The van der Waals surface area contributed by atoms with Gasteiger partial charge in [-0.25, -0.2) is 0 Å². The van der Waals surface area contributed by atoms with Gasteiger partial charge in [-0.05, 0) is 31.6 Å². The number of oxime groups is 1. The average Bonchev–Trinajstić information content (AvgIpc) is 2.29. The number of hydrogen-bond acceptors (Lipinski definition) is 2. The van der Waals surface area contributed by atoms with Crippen LogP contribution in [-0.2, 0) is 0 Å². The standard InChI is InChI=1S/C14H23NO/c1-2-3-4-6-9-14-10-7-5-8-12(14)11-13(14)15-16/h5,8,12,16H,2-4,6-7,9-11H2,1H3. The summed E-state index contributed by atoms with van der Waals surface area (Å²) >= 11 is 0. The minimum Gasteiger partial charge on any atom is -0.411 e. The van der Waals surface area contributed by atoms with E-state index in [1.54, 1.807) is 0 Å². The van der Waals surface area contributed by atoms with Crippen LogP contribution < -0.4 is 0 Å². The number of hydrogen-bond donors (Lipinski definition) is 1. The Morgan fingerprint density at radius 3 is 3.00 bits per heavy atom. The number of rotatable bonds is 5. The van der Waals surface area contributed by atoms with Crippen molar-refractivity contribution in [2.75, 3.05) is 0 Å². The Hall–Kier alpha value is -0.790. The highest BCUT2D eigenvalue weighted by Crippen LogP contribution is 2.54. The fourth-order valence-corrected chi connectivity index (χ4v) is 3.34. The highest BCUT2D eigenvalue weighted by Gasteiger charge is 2.51. The predicted octanol–water partition coefficient (Wildman–Crippen LogP) is 4.14. The Kier molecular flexibility index (Phi) is 3.67. The summed E-state index contributed by atoms with van der Waals surface area (Å²) in [6, 6.07) is 0. The molecule has 0 aromatic heterocycles. The second-order valence-corrected chi connectivity index (χ2v) is 5.29. The van der Waals surface area contributed by atoms with E-state index in [2.05, 4.69) is 24.2 Å². The lowest BCUT2D eigenvalue weighted by Gasteiger charge is -2.51. The topological polar surface area (TPSA) is 32.6 Å². The molecule has 0 saturated heterocycles. The average molecular weight is 221 g/mol. The fraction of sp³-hybridized carbons (Fsp3) is 0.786. The van der Waals surface area contributed by atoms with Gasteiger partial charge in [-0.15, -0.1) is 0 Å². The molecule has 2 aliphatic carbocycles. The monoisotopic (exact) mass is 221 g/mol. The van der Waals surface area contributed by atoms with Crippen LogP contribution in [0.25, 0.3) is 0 Å². The van der Waals surface area contributed by atoms with Crippen molar-refractivity contribution in [3.63, 3.8) is 0 Å². The van der Waals surface area contributed by atoms with Crippen molar-refractivity contribution in [1.82, 2.24) is 0 Å². The van der Waals surface area contributed by atoms with Crippen molar-refractivity contribution >= 4 is 5.71 Å². The molecule has 0 aliphatic heterocycles. The maximum atomic E-state index is 9.06. The zero-order valence-electron chi connectivity index (χ0n) is 10.3. The molecule has 2 rings (SSSR count). The second-order valence-electron chi connectivity index (χ2n) is 5.29. The number of fused-ring (bicyclic) bond motifs is 1. The summed E-state index contributed by atoms with van der Waals surface area (Å²) in [6.07, 6.45) is 14.4. The molecule has 2 unspecified atom stereocenters. The summed E-state index contributed by atoms with van der Waals surface area (Å²) in [5.74, 6) is 0.661.